The fraction of sp³-hybridized carbons (Fsp3) is 0.571. The van der Waals surface area contributed by atoms with E-state index < -0.39 is 0 Å². The Kier molecular flexibility index (Phi) is 5.76. The zero-order chi connectivity index (χ0) is 13.7. The normalized spacial score (nSPS) is 12.6. The van der Waals surface area contributed by atoms with Crippen LogP contribution in [0, 0.1) is 11.8 Å². The number of hydrogen-bond acceptors (Lipinski definition) is 3. The second-order valence-electron chi connectivity index (χ2n) is 5.15. The molecule has 0 heterocycles. The molecule has 0 bridgehead atoms. The predicted molar refractivity (Wildman–Crippen MR) is 81.7 cm³/mol. The first-order valence-electron chi connectivity index (χ1n) is 6.37. The van der Waals surface area contributed by atoms with Crippen LogP contribution in [0.15, 0.2) is 18.2 Å². The van der Waals surface area contributed by atoms with Crippen LogP contribution in [0.1, 0.15) is 13.8 Å². The van der Waals surface area contributed by atoms with Crippen molar-refractivity contribution in [1.82, 2.24) is 0 Å². The van der Waals surface area contributed by atoms with Gasteiger partial charge in [-0.2, -0.15) is 0 Å². The molecule has 0 saturated carbocycles. The molecule has 1 aromatic rings. The number of nitrogens with two attached hydrogens (primary N) is 1. The molecule has 0 aliphatic heterocycles. The molecule has 1 unspecified atom stereocenters. The molecule has 0 amide bonds. The van der Waals surface area contributed by atoms with Crippen LogP contribution in [0.5, 0.6) is 0 Å². The van der Waals surface area contributed by atoms with Gasteiger partial charge in [0.2, 0.25) is 0 Å². The minimum Gasteiger partial charge on any atom is -0.383 e. The number of benzene rings is 1. The Labute approximate surface area is 115 Å². The molecule has 0 fully saturated rings. The third-order valence-corrected chi connectivity index (χ3v) is 3.54. The van der Waals surface area contributed by atoms with Crippen molar-refractivity contribution >= 4 is 23.0 Å². The lowest BCUT2D eigenvalue weighted by atomic mass is 9.96. The van der Waals surface area contributed by atoms with Crippen molar-refractivity contribution in [2.24, 2.45) is 17.6 Å². The maximum Gasteiger partial charge on any atom is 0.0786 e. The van der Waals surface area contributed by atoms with E-state index >= 15 is 0 Å². The van der Waals surface area contributed by atoms with E-state index in [4.69, 9.17) is 17.3 Å². The molecule has 0 radical (unpaired) electrons. The number of halogens is 1. The molecule has 0 saturated heterocycles. The number of rotatable bonds is 6. The molecule has 1 aromatic carbocycles. The molecule has 0 aromatic heterocycles. The van der Waals surface area contributed by atoms with Gasteiger partial charge in [-0.05, 0) is 30.5 Å². The molecule has 0 spiro atoms. The van der Waals surface area contributed by atoms with Crippen molar-refractivity contribution in [1.29, 1.82) is 0 Å². The van der Waals surface area contributed by atoms with Gasteiger partial charge in [-0.15, -0.1) is 0 Å². The minimum absolute atomic E-state index is 0.471. The van der Waals surface area contributed by atoms with Crippen LogP contribution in [0.25, 0.3) is 0 Å². The van der Waals surface area contributed by atoms with Crippen LogP contribution in [0.2, 0.25) is 5.02 Å². The van der Waals surface area contributed by atoms with Crippen LogP contribution in [0.3, 0.4) is 0 Å². The summed E-state index contributed by atoms with van der Waals surface area (Å²) in [7, 11) is 3.99. The predicted octanol–water partition coefficient (Wildman–Crippen LogP) is 3.05. The van der Waals surface area contributed by atoms with E-state index in [2.05, 4.69) is 25.2 Å². The van der Waals surface area contributed by atoms with Gasteiger partial charge in [0, 0.05) is 20.6 Å². The summed E-state index contributed by atoms with van der Waals surface area (Å²) in [6.07, 6.45) is 0. The maximum atomic E-state index is 6.23. The third-order valence-electron chi connectivity index (χ3n) is 3.23. The van der Waals surface area contributed by atoms with Gasteiger partial charge in [-0.3, -0.25) is 0 Å². The van der Waals surface area contributed by atoms with Gasteiger partial charge in [0.1, 0.15) is 0 Å². The Morgan fingerprint density at radius 3 is 2.50 bits per heavy atom. The zero-order valence-electron chi connectivity index (χ0n) is 11.7. The second kappa shape index (κ2) is 6.86. The summed E-state index contributed by atoms with van der Waals surface area (Å²) in [4.78, 5) is 2.03. The molecule has 102 valence electrons. The topological polar surface area (TPSA) is 41.3 Å². The van der Waals surface area contributed by atoms with Crippen molar-refractivity contribution in [3.8, 4) is 0 Å². The number of anilines is 2. The first-order chi connectivity index (χ1) is 8.47. The average molecular weight is 270 g/mol. The van der Waals surface area contributed by atoms with E-state index in [0.29, 0.717) is 18.4 Å². The van der Waals surface area contributed by atoms with Crippen molar-refractivity contribution in [2.45, 2.75) is 13.8 Å². The van der Waals surface area contributed by atoms with Crippen molar-refractivity contribution in [2.75, 3.05) is 37.4 Å². The zero-order valence-corrected chi connectivity index (χ0v) is 12.5. The summed E-state index contributed by atoms with van der Waals surface area (Å²) in [5, 5.41) is 4.22. The lowest BCUT2D eigenvalue weighted by Crippen LogP contribution is -2.27. The van der Waals surface area contributed by atoms with Crippen molar-refractivity contribution < 1.29 is 0 Å². The molecule has 18 heavy (non-hydrogen) atoms. The van der Waals surface area contributed by atoms with E-state index in [1.165, 1.54) is 0 Å². The molecule has 0 aliphatic carbocycles. The van der Waals surface area contributed by atoms with E-state index in [1.54, 1.807) is 0 Å². The van der Waals surface area contributed by atoms with E-state index in [1.807, 2.05) is 31.1 Å². The van der Waals surface area contributed by atoms with Crippen LogP contribution in [-0.4, -0.2) is 27.2 Å². The molecule has 4 heteroatoms. The number of nitrogens with zero attached hydrogens (tertiary/aromatic N) is 1. The Morgan fingerprint density at radius 1 is 1.33 bits per heavy atom. The Morgan fingerprint density at radius 2 is 2.00 bits per heavy atom. The molecule has 1 atom stereocenters. The van der Waals surface area contributed by atoms with Gasteiger partial charge < -0.3 is 16.0 Å². The molecule has 0 aliphatic rings. The lowest BCUT2D eigenvalue weighted by Gasteiger charge is -2.24. The molecular weight excluding hydrogens is 246 g/mol. The summed E-state index contributed by atoms with van der Waals surface area (Å²) in [5.74, 6) is 1.04. The van der Waals surface area contributed by atoms with Crippen LogP contribution >= 0.6 is 11.6 Å². The van der Waals surface area contributed by atoms with E-state index in [9.17, 15) is 0 Å². The average Bonchev–Trinajstić information content (AvgIpc) is 2.28. The lowest BCUT2D eigenvalue weighted by molar-refractivity contribution is 0.413. The molecule has 1 rings (SSSR count). The van der Waals surface area contributed by atoms with E-state index in [0.717, 1.165) is 22.9 Å². The van der Waals surface area contributed by atoms with Crippen LogP contribution < -0.4 is 16.0 Å². The Bertz CT molecular complexity index is 377. The molecule has 3 N–H and O–H groups in total. The third kappa shape index (κ3) is 3.79. The fourth-order valence-electron chi connectivity index (χ4n) is 1.94. The highest BCUT2D eigenvalue weighted by molar-refractivity contribution is 6.34. The second-order valence-corrected chi connectivity index (χ2v) is 5.56. The van der Waals surface area contributed by atoms with Gasteiger partial charge in [0.25, 0.3) is 0 Å². The first-order valence-corrected chi connectivity index (χ1v) is 6.75. The van der Waals surface area contributed by atoms with Crippen molar-refractivity contribution in [3.05, 3.63) is 23.2 Å². The highest BCUT2D eigenvalue weighted by Gasteiger charge is 2.13. The van der Waals surface area contributed by atoms with E-state index in [-0.39, 0.29) is 0 Å². The monoisotopic (exact) mass is 269 g/mol. The SMILES string of the molecule is CC(C)C(CN)CNc1cccc(Cl)c1N(C)C. The highest BCUT2D eigenvalue weighted by Crippen LogP contribution is 2.32. The molecule has 3 nitrogen and oxygen atoms in total. The Balaban J connectivity index is 2.81. The summed E-state index contributed by atoms with van der Waals surface area (Å²) in [5.41, 5.74) is 7.88. The Hall–Kier alpha value is -0.930. The highest BCUT2D eigenvalue weighted by atomic mass is 35.5. The van der Waals surface area contributed by atoms with Gasteiger partial charge in [-0.25, -0.2) is 0 Å². The number of nitrogens with one attached hydrogen (secondary N) is 1. The van der Waals surface area contributed by atoms with Gasteiger partial charge >= 0.3 is 0 Å². The van der Waals surface area contributed by atoms with Crippen LogP contribution in [0.4, 0.5) is 11.4 Å². The first kappa shape index (κ1) is 15.1. The van der Waals surface area contributed by atoms with Gasteiger partial charge in [0.15, 0.2) is 0 Å². The molecular formula is C14H24ClN3. The van der Waals surface area contributed by atoms with Gasteiger partial charge in [-0.1, -0.05) is 31.5 Å². The summed E-state index contributed by atoms with van der Waals surface area (Å²) < 4.78 is 0. The van der Waals surface area contributed by atoms with Gasteiger partial charge in [0.05, 0.1) is 16.4 Å². The maximum absolute atomic E-state index is 6.23. The number of para-hydroxylation sites is 1. The van der Waals surface area contributed by atoms with Crippen LogP contribution in [-0.2, 0) is 0 Å². The quantitative estimate of drug-likeness (QED) is 0.834. The minimum atomic E-state index is 0.471. The number of hydrogen-bond donors (Lipinski definition) is 2. The smallest absolute Gasteiger partial charge is 0.0786 e. The summed E-state index contributed by atoms with van der Waals surface area (Å²) in [6, 6.07) is 5.92. The fourth-order valence-corrected chi connectivity index (χ4v) is 2.29. The van der Waals surface area contributed by atoms with Crippen molar-refractivity contribution in [3.63, 3.8) is 0 Å². The largest absolute Gasteiger partial charge is 0.383 e. The summed E-state index contributed by atoms with van der Waals surface area (Å²) >= 11 is 6.23. The standard InChI is InChI=1S/C14H24ClN3/c1-10(2)11(8-16)9-17-13-7-5-6-12(15)14(13)18(3)4/h5-7,10-11,17H,8-9,16H2,1-4H3. The summed E-state index contributed by atoms with van der Waals surface area (Å²) in [6.45, 7) is 5.96.